The lowest BCUT2D eigenvalue weighted by Crippen LogP contribution is -2.37. The zero-order chi connectivity index (χ0) is 23.4. The molecular weight excluding hydrogens is 404 g/mol. The number of allylic oxidation sites excluding steroid dienone is 3. The molecule has 5 nitrogen and oxygen atoms in total. The van der Waals surface area contributed by atoms with Crippen LogP contribution in [0.2, 0.25) is 0 Å². The molecule has 0 unspecified atom stereocenters. The van der Waals surface area contributed by atoms with E-state index in [1.54, 1.807) is 0 Å². The van der Waals surface area contributed by atoms with E-state index < -0.39 is 11.2 Å². The molecule has 3 aliphatic rings. The van der Waals surface area contributed by atoms with Gasteiger partial charge in [0.25, 0.3) is 0 Å². The third-order valence-corrected chi connectivity index (χ3v) is 8.08. The third kappa shape index (κ3) is 3.28. The Morgan fingerprint density at radius 2 is 2.00 bits per heavy atom. The van der Waals surface area contributed by atoms with Gasteiger partial charge in [0.1, 0.15) is 17.6 Å². The first-order valence-electron chi connectivity index (χ1n) is 11.6. The molecule has 32 heavy (non-hydrogen) atoms. The van der Waals surface area contributed by atoms with E-state index in [9.17, 15) is 14.7 Å². The molecule has 0 saturated heterocycles. The van der Waals surface area contributed by atoms with Gasteiger partial charge < -0.3 is 14.6 Å². The van der Waals surface area contributed by atoms with Crippen LogP contribution in [0.15, 0.2) is 30.1 Å². The first-order valence-corrected chi connectivity index (χ1v) is 11.6. The SMILES string of the molecule is C=C1CCCC(C)(C)[C@H]1CC[C@@]1(C)c2c(O)cc3c(c2O[C@@H]1CC)C(=O)C=C(OC)C3=O. The topological polar surface area (TPSA) is 72.8 Å². The van der Waals surface area contributed by atoms with Crippen LogP contribution in [-0.2, 0) is 10.2 Å². The van der Waals surface area contributed by atoms with Crippen LogP contribution < -0.4 is 4.74 Å². The van der Waals surface area contributed by atoms with Crippen molar-refractivity contribution in [2.24, 2.45) is 11.3 Å². The number of phenolic OH excluding ortho intramolecular Hbond substituents is 1. The Bertz CT molecular complexity index is 1030. The molecule has 0 amide bonds. The minimum atomic E-state index is -0.467. The highest BCUT2D eigenvalue weighted by Crippen LogP contribution is 2.56. The van der Waals surface area contributed by atoms with Crippen molar-refractivity contribution in [1.29, 1.82) is 0 Å². The molecule has 1 aromatic rings. The van der Waals surface area contributed by atoms with Crippen LogP contribution in [0.4, 0.5) is 0 Å². The third-order valence-electron chi connectivity index (χ3n) is 8.08. The summed E-state index contributed by atoms with van der Waals surface area (Å²) in [6, 6.07) is 1.42. The number of benzene rings is 1. The van der Waals surface area contributed by atoms with Crippen LogP contribution in [0.3, 0.4) is 0 Å². The van der Waals surface area contributed by atoms with Crippen molar-refractivity contribution in [2.45, 2.75) is 77.7 Å². The van der Waals surface area contributed by atoms with E-state index >= 15 is 0 Å². The van der Waals surface area contributed by atoms with E-state index in [0.29, 0.717) is 17.2 Å². The summed E-state index contributed by atoms with van der Waals surface area (Å²) in [5.41, 5.74) is 2.07. The van der Waals surface area contributed by atoms with Crippen molar-refractivity contribution in [3.8, 4) is 11.5 Å². The summed E-state index contributed by atoms with van der Waals surface area (Å²) in [6.45, 7) is 13.2. The minimum absolute atomic E-state index is 0.0115. The second kappa shape index (κ2) is 7.79. The van der Waals surface area contributed by atoms with Crippen LogP contribution in [-0.4, -0.2) is 29.9 Å². The van der Waals surface area contributed by atoms with Gasteiger partial charge in [-0.1, -0.05) is 39.8 Å². The van der Waals surface area contributed by atoms with Gasteiger partial charge in [0.15, 0.2) is 11.5 Å². The predicted molar refractivity (Wildman–Crippen MR) is 123 cm³/mol. The number of methoxy groups -OCH3 is 1. The van der Waals surface area contributed by atoms with Gasteiger partial charge in [-0.3, -0.25) is 9.59 Å². The number of hydrogen-bond acceptors (Lipinski definition) is 5. The molecule has 1 fully saturated rings. The lowest BCUT2D eigenvalue weighted by atomic mass is 9.62. The first-order chi connectivity index (χ1) is 15.0. The maximum atomic E-state index is 12.9. The average molecular weight is 439 g/mol. The second-order valence-corrected chi connectivity index (χ2v) is 10.5. The van der Waals surface area contributed by atoms with Crippen LogP contribution >= 0.6 is 0 Å². The lowest BCUT2D eigenvalue weighted by molar-refractivity contribution is 0.0910. The number of carbonyl (C=O) groups excluding carboxylic acids is 2. The molecule has 1 saturated carbocycles. The number of ether oxygens (including phenoxy) is 2. The van der Waals surface area contributed by atoms with Crippen molar-refractivity contribution in [3.05, 3.63) is 46.7 Å². The smallest absolute Gasteiger partial charge is 0.228 e. The number of phenols is 1. The molecule has 2 aliphatic carbocycles. The average Bonchev–Trinajstić information content (AvgIpc) is 3.02. The Balaban J connectivity index is 1.76. The highest BCUT2D eigenvalue weighted by Gasteiger charge is 2.50. The second-order valence-electron chi connectivity index (χ2n) is 10.5. The molecule has 0 aromatic heterocycles. The van der Waals surface area contributed by atoms with Gasteiger partial charge in [-0.05, 0) is 55.9 Å². The summed E-state index contributed by atoms with van der Waals surface area (Å²) < 4.78 is 11.4. The Morgan fingerprint density at radius 3 is 2.62 bits per heavy atom. The standard InChI is InChI=1S/C27H34O5/c1-7-21-27(5,12-10-17-15(2)9-8-11-26(17,3)4)23-19(29)13-16-22(25(23)32-21)18(28)14-20(31-6)24(16)30/h13-14,17,21,29H,2,7-12H2,1,3-6H3/t17-,21+,27+/m0/s1. The number of Topliss-reactive ketones (excluding diaryl/α,β-unsaturated/α-hetero) is 1. The quantitative estimate of drug-likeness (QED) is 0.580. The summed E-state index contributed by atoms with van der Waals surface area (Å²) in [6.07, 6.45) is 6.94. The van der Waals surface area contributed by atoms with E-state index in [4.69, 9.17) is 9.47 Å². The molecule has 3 atom stereocenters. The Kier molecular flexibility index (Phi) is 5.51. The largest absolute Gasteiger partial charge is 0.507 e. The molecule has 1 heterocycles. The van der Waals surface area contributed by atoms with Gasteiger partial charge in [0.05, 0.1) is 12.7 Å². The van der Waals surface area contributed by atoms with Crippen LogP contribution in [0.25, 0.3) is 0 Å². The van der Waals surface area contributed by atoms with Gasteiger partial charge in [-0.2, -0.15) is 0 Å². The predicted octanol–water partition coefficient (Wildman–Crippen LogP) is 5.89. The van der Waals surface area contributed by atoms with E-state index in [1.807, 2.05) is 0 Å². The summed E-state index contributed by atoms with van der Waals surface area (Å²) in [5.74, 6) is 0.0232. The molecule has 1 aliphatic heterocycles. The van der Waals surface area contributed by atoms with Crippen LogP contribution in [0, 0.1) is 11.3 Å². The van der Waals surface area contributed by atoms with Crippen molar-refractivity contribution < 1.29 is 24.2 Å². The fraction of sp³-hybridized carbons (Fsp3) is 0.556. The summed E-state index contributed by atoms with van der Waals surface area (Å²) in [5, 5.41) is 11.1. The number of carbonyl (C=O) groups is 2. The van der Waals surface area contributed by atoms with Crippen molar-refractivity contribution in [1.82, 2.24) is 0 Å². The van der Waals surface area contributed by atoms with Crippen molar-refractivity contribution in [3.63, 3.8) is 0 Å². The van der Waals surface area contributed by atoms with Crippen molar-refractivity contribution in [2.75, 3.05) is 7.11 Å². The summed E-state index contributed by atoms with van der Waals surface area (Å²) in [7, 11) is 1.36. The highest BCUT2D eigenvalue weighted by molar-refractivity contribution is 6.25. The maximum Gasteiger partial charge on any atom is 0.228 e. The summed E-state index contributed by atoms with van der Waals surface area (Å²) >= 11 is 0. The normalized spacial score (nSPS) is 28.7. The Labute approximate surface area is 190 Å². The van der Waals surface area contributed by atoms with Crippen LogP contribution in [0.1, 0.15) is 92.5 Å². The summed E-state index contributed by atoms with van der Waals surface area (Å²) in [4.78, 5) is 25.7. The van der Waals surface area contributed by atoms with Gasteiger partial charge in [-0.25, -0.2) is 0 Å². The maximum absolute atomic E-state index is 12.9. The Hall–Kier alpha value is -2.56. The number of rotatable bonds is 5. The fourth-order valence-electron chi connectivity index (χ4n) is 6.24. The molecule has 0 spiro atoms. The zero-order valence-corrected chi connectivity index (χ0v) is 19.8. The molecule has 0 radical (unpaired) electrons. The molecule has 172 valence electrons. The van der Waals surface area contributed by atoms with E-state index in [1.165, 1.54) is 37.7 Å². The molecule has 1 aromatic carbocycles. The van der Waals surface area contributed by atoms with Crippen LogP contribution in [0.5, 0.6) is 11.5 Å². The molecular formula is C27H34O5. The van der Waals surface area contributed by atoms with E-state index in [2.05, 4.69) is 34.3 Å². The molecule has 0 bridgehead atoms. The molecule has 5 heteroatoms. The number of hydrogen-bond donors (Lipinski definition) is 1. The van der Waals surface area contributed by atoms with E-state index in [-0.39, 0.29) is 39.9 Å². The van der Waals surface area contributed by atoms with Gasteiger partial charge in [0.2, 0.25) is 5.78 Å². The molecule has 4 rings (SSSR count). The Morgan fingerprint density at radius 1 is 1.28 bits per heavy atom. The number of fused-ring (bicyclic) bond motifs is 3. The number of aromatic hydroxyl groups is 1. The first kappa shape index (κ1) is 22.6. The fourth-order valence-corrected chi connectivity index (χ4v) is 6.24. The van der Waals surface area contributed by atoms with Gasteiger partial charge >= 0.3 is 0 Å². The highest BCUT2D eigenvalue weighted by atomic mass is 16.5. The van der Waals surface area contributed by atoms with Crippen molar-refractivity contribution >= 4 is 11.6 Å². The van der Waals surface area contributed by atoms with E-state index in [0.717, 1.165) is 25.7 Å². The lowest BCUT2D eigenvalue weighted by Gasteiger charge is -2.42. The monoisotopic (exact) mass is 438 g/mol. The number of ketones is 2. The zero-order valence-electron chi connectivity index (χ0n) is 19.8. The molecule has 1 N–H and O–H groups in total. The van der Waals surface area contributed by atoms with Gasteiger partial charge in [-0.15, -0.1) is 0 Å². The van der Waals surface area contributed by atoms with Gasteiger partial charge in [0, 0.05) is 22.6 Å². The minimum Gasteiger partial charge on any atom is -0.507 e.